The Morgan fingerprint density at radius 3 is 2.62 bits per heavy atom. The molecular formula is C24H21N3O2. The van der Waals surface area contributed by atoms with Gasteiger partial charge >= 0.3 is 0 Å². The highest BCUT2D eigenvalue weighted by atomic mass is 16.3. The molecule has 0 atom stereocenters. The van der Waals surface area contributed by atoms with Crippen LogP contribution in [-0.4, -0.2) is 17.4 Å². The molecule has 0 saturated heterocycles. The van der Waals surface area contributed by atoms with E-state index in [0.29, 0.717) is 13.0 Å². The van der Waals surface area contributed by atoms with Gasteiger partial charge in [-0.15, -0.1) is 0 Å². The van der Waals surface area contributed by atoms with E-state index in [2.05, 4.69) is 41.4 Å². The zero-order valence-electron chi connectivity index (χ0n) is 15.9. The Hall–Kier alpha value is -3.57. The minimum absolute atomic E-state index is 0.179. The van der Waals surface area contributed by atoms with E-state index >= 15 is 0 Å². The van der Waals surface area contributed by atoms with Crippen molar-refractivity contribution in [3.63, 3.8) is 0 Å². The molecule has 0 aliphatic carbocycles. The maximum Gasteiger partial charge on any atom is 0.223 e. The van der Waals surface area contributed by atoms with Crippen molar-refractivity contribution >= 4 is 38.7 Å². The van der Waals surface area contributed by atoms with E-state index in [-0.39, 0.29) is 12.3 Å². The second-order valence-corrected chi connectivity index (χ2v) is 7.30. The number of para-hydroxylation sites is 2. The van der Waals surface area contributed by atoms with E-state index in [1.807, 2.05) is 24.3 Å². The third kappa shape index (κ3) is 2.87. The third-order valence-electron chi connectivity index (χ3n) is 5.46. The van der Waals surface area contributed by atoms with Crippen LogP contribution in [0.4, 0.5) is 0 Å². The van der Waals surface area contributed by atoms with Crippen molar-refractivity contribution in [2.75, 3.05) is 6.54 Å². The number of carbonyl (C=O) groups is 1. The molecule has 0 bridgehead atoms. The molecule has 1 amide bonds. The lowest BCUT2D eigenvalue weighted by molar-refractivity contribution is -0.117. The van der Waals surface area contributed by atoms with Crippen molar-refractivity contribution in [3.05, 3.63) is 71.9 Å². The monoisotopic (exact) mass is 383 g/mol. The van der Waals surface area contributed by atoms with Crippen LogP contribution in [0.1, 0.15) is 11.3 Å². The number of amides is 1. The number of fused-ring (bicyclic) bond motifs is 4. The highest BCUT2D eigenvalue weighted by Crippen LogP contribution is 2.37. The summed E-state index contributed by atoms with van der Waals surface area (Å²) in [5.74, 6) is -0.359. The third-order valence-corrected chi connectivity index (χ3v) is 5.46. The summed E-state index contributed by atoms with van der Waals surface area (Å²) >= 11 is 0. The molecule has 0 aliphatic heterocycles. The molecular weight excluding hydrogens is 362 g/mol. The Bertz CT molecular complexity index is 1380. The van der Waals surface area contributed by atoms with Gasteiger partial charge in [0.25, 0.3) is 0 Å². The number of furan rings is 1. The average Bonchev–Trinajstić information content (AvgIpc) is 3.26. The van der Waals surface area contributed by atoms with Crippen LogP contribution in [0.15, 0.2) is 65.1 Å². The molecule has 0 spiro atoms. The Balaban J connectivity index is 1.73. The summed E-state index contributed by atoms with van der Waals surface area (Å²) < 4.78 is 6.20. The van der Waals surface area contributed by atoms with E-state index in [1.54, 1.807) is 0 Å². The van der Waals surface area contributed by atoms with Gasteiger partial charge in [0, 0.05) is 32.9 Å². The number of aromatic nitrogens is 1. The minimum Gasteiger partial charge on any atom is -0.455 e. The van der Waals surface area contributed by atoms with Crippen LogP contribution in [-0.2, 0) is 17.6 Å². The molecule has 29 heavy (non-hydrogen) atoms. The maximum absolute atomic E-state index is 11.5. The number of nitrogens with one attached hydrogen (secondary N) is 1. The van der Waals surface area contributed by atoms with Crippen LogP contribution in [0.2, 0.25) is 0 Å². The van der Waals surface area contributed by atoms with Gasteiger partial charge in [-0.05, 0) is 42.3 Å². The van der Waals surface area contributed by atoms with Crippen molar-refractivity contribution in [1.82, 2.24) is 4.98 Å². The Labute approximate surface area is 167 Å². The highest BCUT2D eigenvalue weighted by molar-refractivity contribution is 6.10. The van der Waals surface area contributed by atoms with Crippen LogP contribution < -0.4 is 11.5 Å². The van der Waals surface area contributed by atoms with Gasteiger partial charge in [0.05, 0.1) is 6.42 Å². The fourth-order valence-electron chi connectivity index (χ4n) is 4.20. The Morgan fingerprint density at radius 2 is 1.79 bits per heavy atom. The molecule has 0 unspecified atom stereocenters. The normalized spacial score (nSPS) is 11.6. The molecule has 5 heteroatoms. The van der Waals surface area contributed by atoms with Gasteiger partial charge in [-0.3, -0.25) is 4.79 Å². The molecule has 5 aromatic rings. The predicted molar refractivity (Wildman–Crippen MR) is 117 cm³/mol. The van der Waals surface area contributed by atoms with Gasteiger partial charge in [0.15, 0.2) is 0 Å². The first-order valence-corrected chi connectivity index (χ1v) is 9.68. The number of aromatic amines is 1. The standard InChI is InChI=1S/C24H21N3O2/c25-11-10-16-19-12-14(8-9-20(19)27-21(16)13-23(26)28)15-5-3-6-18-17-4-1-2-7-22(17)29-24(15)18/h1-9,12,27H,10-11,13,25H2,(H2,26,28). The van der Waals surface area contributed by atoms with Crippen molar-refractivity contribution in [2.24, 2.45) is 11.5 Å². The average molecular weight is 383 g/mol. The smallest absolute Gasteiger partial charge is 0.223 e. The SMILES string of the molecule is NCCc1c(CC(N)=O)[nH]c2ccc(-c3cccc4c3oc3ccccc34)cc12. The van der Waals surface area contributed by atoms with Crippen LogP contribution in [0.5, 0.6) is 0 Å². The van der Waals surface area contributed by atoms with Crippen LogP contribution in [0, 0.1) is 0 Å². The minimum atomic E-state index is -0.359. The summed E-state index contributed by atoms with van der Waals surface area (Å²) in [4.78, 5) is 14.8. The molecule has 0 fully saturated rings. The molecule has 2 aromatic heterocycles. The molecule has 0 aliphatic rings. The number of hydrogen-bond donors (Lipinski definition) is 3. The Kier molecular flexibility index (Phi) is 4.11. The predicted octanol–water partition coefficient (Wildman–Crippen LogP) is 4.26. The van der Waals surface area contributed by atoms with E-state index in [4.69, 9.17) is 15.9 Å². The number of H-pyrrole nitrogens is 1. The number of nitrogens with two attached hydrogens (primary N) is 2. The number of hydrogen-bond acceptors (Lipinski definition) is 3. The van der Waals surface area contributed by atoms with E-state index < -0.39 is 0 Å². The molecule has 0 saturated carbocycles. The summed E-state index contributed by atoms with van der Waals surface area (Å²) in [7, 11) is 0. The summed E-state index contributed by atoms with van der Waals surface area (Å²) in [6.07, 6.45) is 0.861. The fraction of sp³-hybridized carbons (Fsp3) is 0.125. The first-order chi connectivity index (χ1) is 14.2. The lowest BCUT2D eigenvalue weighted by Gasteiger charge is -2.05. The highest BCUT2D eigenvalue weighted by Gasteiger charge is 2.16. The quantitative estimate of drug-likeness (QED) is 0.423. The molecule has 3 aromatic carbocycles. The van der Waals surface area contributed by atoms with Crippen LogP contribution in [0.25, 0.3) is 44.0 Å². The number of rotatable bonds is 5. The number of primary amides is 1. The van der Waals surface area contributed by atoms with Crippen LogP contribution in [0.3, 0.4) is 0 Å². The fourth-order valence-corrected chi connectivity index (χ4v) is 4.20. The summed E-state index contributed by atoms with van der Waals surface area (Å²) in [5, 5.41) is 3.28. The lowest BCUT2D eigenvalue weighted by Crippen LogP contribution is -2.15. The molecule has 144 valence electrons. The molecule has 5 N–H and O–H groups in total. The van der Waals surface area contributed by atoms with Crippen molar-refractivity contribution < 1.29 is 9.21 Å². The zero-order chi connectivity index (χ0) is 20.0. The molecule has 5 rings (SSSR count). The van der Waals surface area contributed by atoms with E-state index in [9.17, 15) is 4.79 Å². The van der Waals surface area contributed by atoms with Crippen LogP contribution >= 0.6 is 0 Å². The lowest BCUT2D eigenvalue weighted by atomic mass is 9.98. The maximum atomic E-state index is 11.5. The van der Waals surface area contributed by atoms with Gasteiger partial charge in [0.1, 0.15) is 11.2 Å². The van der Waals surface area contributed by atoms with Crippen molar-refractivity contribution in [3.8, 4) is 11.1 Å². The topological polar surface area (TPSA) is 98.0 Å². The van der Waals surface area contributed by atoms with Crippen molar-refractivity contribution in [2.45, 2.75) is 12.8 Å². The number of benzene rings is 3. The van der Waals surface area contributed by atoms with E-state index in [1.165, 1.54) is 0 Å². The van der Waals surface area contributed by atoms with Gasteiger partial charge in [-0.25, -0.2) is 0 Å². The van der Waals surface area contributed by atoms with Gasteiger partial charge in [0.2, 0.25) is 5.91 Å². The summed E-state index contributed by atoms with van der Waals surface area (Å²) in [5.41, 5.74) is 18.0. The van der Waals surface area contributed by atoms with Gasteiger partial charge < -0.3 is 20.9 Å². The van der Waals surface area contributed by atoms with E-state index in [0.717, 1.165) is 55.2 Å². The zero-order valence-corrected chi connectivity index (χ0v) is 15.9. The van der Waals surface area contributed by atoms with Crippen molar-refractivity contribution in [1.29, 1.82) is 0 Å². The van der Waals surface area contributed by atoms with Gasteiger partial charge in [-0.2, -0.15) is 0 Å². The second-order valence-electron chi connectivity index (χ2n) is 7.30. The molecule has 2 heterocycles. The van der Waals surface area contributed by atoms with Gasteiger partial charge in [-0.1, -0.05) is 42.5 Å². The number of carbonyl (C=O) groups excluding carboxylic acids is 1. The first-order valence-electron chi connectivity index (χ1n) is 9.68. The summed E-state index contributed by atoms with van der Waals surface area (Å²) in [6, 6.07) is 20.5. The summed E-state index contributed by atoms with van der Waals surface area (Å²) in [6.45, 7) is 0.502. The Morgan fingerprint density at radius 1 is 0.966 bits per heavy atom. The molecule has 5 nitrogen and oxygen atoms in total. The first kappa shape index (κ1) is 17.5. The molecule has 0 radical (unpaired) electrons. The largest absolute Gasteiger partial charge is 0.455 e. The second kappa shape index (κ2) is 6.79.